The first kappa shape index (κ1) is 16.5. The zero-order valence-electron chi connectivity index (χ0n) is 14.5. The number of hydrogen-bond donors (Lipinski definition) is 1. The maximum Gasteiger partial charge on any atom is 0.319 e. The van der Waals surface area contributed by atoms with E-state index in [4.69, 9.17) is 0 Å². The smallest absolute Gasteiger partial charge is 0.319 e. The van der Waals surface area contributed by atoms with E-state index in [2.05, 4.69) is 16.0 Å². The number of fused-ring (bicyclic) bond motifs is 1. The lowest BCUT2D eigenvalue weighted by atomic mass is 10.1. The van der Waals surface area contributed by atoms with Gasteiger partial charge in [-0.3, -0.25) is 9.69 Å². The Kier molecular flexibility index (Phi) is 4.57. The van der Waals surface area contributed by atoms with Crippen LogP contribution in [0.4, 0.5) is 4.79 Å². The molecule has 0 unspecified atom stereocenters. The van der Waals surface area contributed by atoms with Gasteiger partial charge in [-0.15, -0.1) is 0 Å². The molecule has 2 heterocycles. The van der Waals surface area contributed by atoms with E-state index in [0.717, 1.165) is 35.1 Å². The molecule has 24 heavy (non-hydrogen) atoms. The second-order valence-electron chi connectivity index (χ2n) is 6.65. The number of rotatable bonds is 2. The fourth-order valence-corrected chi connectivity index (χ4v) is 3.10. The van der Waals surface area contributed by atoms with Gasteiger partial charge in [-0.1, -0.05) is 12.1 Å². The highest BCUT2D eigenvalue weighted by molar-refractivity contribution is 5.79. The molecule has 0 atom stereocenters. The van der Waals surface area contributed by atoms with Crippen molar-refractivity contribution < 1.29 is 4.79 Å². The minimum atomic E-state index is -0.0279. The van der Waals surface area contributed by atoms with Crippen LogP contribution in [0.2, 0.25) is 0 Å². The molecular weight excluding hydrogens is 304 g/mol. The minimum Gasteiger partial charge on any atom is -0.331 e. The summed E-state index contributed by atoms with van der Waals surface area (Å²) in [4.78, 5) is 33.0. The summed E-state index contributed by atoms with van der Waals surface area (Å²) in [7, 11) is 3.54. The standard InChI is InChI=1S/C18H24N4O2/c1-13-4-5-14-11-15(17(23)19-16(14)10-13)12-21-6-8-22(9-7-21)18(24)20(2)3/h4-5,10-11H,6-9,12H2,1-3H3,(H,19,23). The molecule has 0 aliphatic carbocycles. The molecule has 1 N–H and O–H groups in total. The maximum atomic E-state index is 12.3. The fourth-order valence-electron chi connectivity index (χ4n) is 3.10. The Balaban J connectivity index is 1.70. The summed E-state index contributed by atoms with van der Waals surface area (Å²) in [5, 5.41) is 1.05. The molecule has 1 aromatic carbocycles. The maximum absolute atomic E-state index is 12.3. The van der Waals surface area contributed by atoms with E-state index < -0.39 is 0 Å². The van der Waals surface area contributed by atoms with Crippen LogP contribution in [0.15, 0.2) is 29.1 Å². The van der Waals surface area contributed by atoms with Crippen LogP contribution >= 0.6 is 0 Å². The van der Waals surface area contributed by atoms with E-state index in [0.29, 0.717) is 19.6 Å². The van der Waals surface area contributed by atoms with Crippen LogP contribution in [-0.4, -0.2) is 66.0 Å². The van der Waals surface area contributed by atoms with Gasteiger partial charge in [-0.2, -0.15) is 0 Å². The summed E-state index contributed by atoms with van der Waals surface area (Å²) < 4.78 is 0. The monoisotopic (exact) mass is 328 g/mol. The second-order valence-corrected chi connectivity index (χ2v) is 6.65. The van der Waals surface area contributed by atoms with Crippen LogP contribution < -0.4 is 5.56 Å². The van der Waals surface area contributed by atoms with Gasteiger partial charge in [-0.25, -0.2) is 4.79 Å². The molecule has 1 fully saturated rings. The number of carbonyl (C=O) groups is 1. The molecule has 1 aliphatic rings. The summed E-state index contributed by atoms with van der Waals surface area (Å²) in [6.07, 6.45) is 0. The van der Waals surface area contributed by atoms with E-state index in [-0.39, 0.29) is 11.6 Å². The number of H-pyrrole nitrogens is 1. The number of amides is 2. The minimum absolute atomic E-state index is 0.0279. The zero-order valence-corrected chi connectivity index (χ0v) is 14.5. The first-order valence-electron chi connectivity index (χ1n) is 8.25. The van der Waals surface area contributed by atoms with Gasteiger partial charge in [0.15, 0.2) is 0 Å². The van der Waals surface area contributed by atoms with Gasteiger partial charge in [0.05, 0.1) is 0 Å². The van der Waals surface area contributed by atoms with E-state index in [9.17, 15) is 9.59 Å². The summed E-state index contributed by atoms with van der Waals surface area (Å²) in [5.74, 6) is 0. The predicted octanol–water partition coefficient (Wildman–Crippen LogP) is 1.64. The van der Waals surface area contributed by atoms with E-state index in [1.54, 1.807) is 19.0 Å². The molecule has 0 saturated carbocycles. The third-order valence-corrected chi connectivity index (χ3v) is 4.50. The summed E-state index contributed by atoms with van der Waals surface area (Å²) in [6, 6.07) is 8.11. The average molecular weight is 328 g/mol. The van der Waals surface area contributed by atoms with Crippen molar-refractivity contribution >= 4 is 16.9 Å². The number of pyridine rings is 1. The summed E-state index contributed by atoms with van der Waals surface area (Å²) in [6.45, 7) is 5.59. The van der Waals surface area contributed by atoms with Crippen LogP contribution in [0.5, 0.6) is 0 Å². The first-order chi connectivity index (χ1) is 11.4. The largest absolute Gasteiger partial charge is 0.331 e. The van der Waals surface area contributed by atoms with Crippen molar-refractivity contribution in [1.82, 2.24) is 19.7 Å². The molecule has 0 radical (unpaired) electrons. The number of hydrogen-bond acceptors (Lipinski definition) is 3. The number of piperazine rings is 1. The highest BCUT2D eigenvalue weighted by Gasteiger charge is 2.22. The van der Waals surface area contributed by atoms with Gasteiger partial charge in [0.2, 0.25) is 0 Å². The lowest BCUT2D eigenvalue weighted by Crippen LogP contribution is -2.51. The second kappa shape index (κ2) is 6.65. The molecule has 0 spiro atoms. The predicted molar refractivity (Wildman–Crippen MR) is 95.2 cm³/mol. The third-order valence-electron chi connectivity index (χ3n) is 4.50. The number of carbonyl (C=O) groups excluding carboxylic acids is 1. The zero-order chi connectivity index (χ0) is 17.3. The summed E-state index contributed by atoms with van der Waals surface area (Å²) >= 11 is 0. The quantitative estimate of drug-likeness (QED) is 0.912. The van der Waals surface area contributed by atoms with Crippen molar-refractivity contribution in [3.8, 4) is 0 Å². The van der Waals surface area contributed by atoms with E-state index in [1.807, 2.05) is 30.0 Å². The molecule has 1 aromatic heterocycles. The Labute approximate surface area is 141 Å². The van der Waals surface area contributed by atoms with Crippen LogP contribution in [-0.2, 0) is 6.54 Å². The van der Waals surface area contributed by atoms with Gasteiger partial charge in [0, 0.05) is 57.9 Å². The number of aromatic amines is 1. The molecule has 6 heteroatoms. The van der Waals surface area contributed by atoms with Gasteiger partial charge < -0.3 is 14.8 Å². The van der Waals surface area contributed by atoms with Crippen molar-refractivity contribution in [3.63, 3.8) is 0 Å². The molecule has 1 aliphatic heterocycles. The fraction of sp³-hybridized carbons (Fsp3) is 0.444. The van der Waals surface area contributed by atoms with Gasteiger partial charge in [0.1, 0.15) is 0 Å². The van der Waals surface area contributed by atoms with Crippen molar-refractivity contribution in [3.05, 3.63) is 45.7 Å². The lowest BCUT2D eigenvalue weighted by Gasteiger charge is -2.35. The van der Waals surface area contributed by atoms with Crippen LogP contribution in [0.3, 0.4) is 0 Å². The Morgan fingerprint density at radius 3 is 2.54 bits per heavy atom. The number of nitrogens with zero attached hydrogens (tertiary/aromatic N) is 3. The Morgan fingerprint density at radius 2 is 1.88 bits per heavy atom. The molecular formula is C18H24N4O2. The average Bonchev–Trinajstić information content (AvgIpc) is 2.55. The SMILES string of the molecule is Cc1ccc2cc(CN3CCN(C(=O)N(C)C)CC3)c(=O)[nH]c2c1. The van der Waals surface area contributed by atoms with Crippen LogP contribution in [0.25, 0.3) is 10.9 Å². The van der Waals surface area contributed by atoms with Gasteiger partial charge >= 0.3 is 6.03 Å². The van der Waals surface area contributed by atoms with Crippen molar-refractivity contribution in [2.75, 3.05) is 40.3 Å². The van der Waals surface area contributed by atoms with E-state index >= 15 is 0 Å². The first-order valence-corrected chi connectivity index (χ1v) is 8.25. The number of urea groups is 1. The Bertz CT molecular complexity index is 804. The molecule has 6 nitrogen and oxygen atoms in total. The van der Waals surface area contributed by atoms with Gasteiger partial charge in [0.25, 0.3) is 5.56 Å². The molecule has 3 rings (SSSR count). The van der Waals surface area contributed by atoms with Gasteiger partial charge in [-0.05, 0) is 30.0 Å². The van der Waals surface area contributed by atoms with Crippen molar-refractivity contribution in [1.29, 1.82) is 0 Å². The topological polar surface area (TPSA) is 59.6 Å². The molecule has 0 bridgehead atoms. The number of nitrogens with one attached hydrogen (secondary N) is 1. The number of benzene rings is 1. The number of aryl methyl sites for hydroxylation is 1. The summed E-state index contributed by atoms with van der Waals surface area (Å²) in [5.41, 5.74) is 2.76. The molecule has 2 aromatic rings. The normalized spacial score (nSPS) is 15.7. The highest BCUT2D eigenvalue weighted by Crippen LogP contribution is 2.14. The van der Waals surface area contributed by atoms with Crippen molar-refractivity contribution in [2.24, 2.45) is 0 Å². The van der Waals surface area contributed by atoms with E-state index in [1.165, 1.54) is 0 Å². The van der Waals surface area contributed by atoms with Crippen LogP contribution in [0.1, 0.15) is 11.1 Å². The molecule has 1 saturated heterocycles. The van der Waals surface area contributed by atoms with Crippen molar-refractivity contribution in [2.45, 2.75) is 13.5 Å². The Hall–Kier alpha value is -2.34. The Morgan fingerprint density at radius 1 is 1.17 bits per heavy atom. The van der Waals surface area contributed by atoms with Crippen LogP contribution in [0, 0.1) is 6.92 Å². The lowest BCUT2D eigenvalue weighted by molar-refractivity contribution is 0.120. The molecule has 2 amide bonds. The number of aromatic nitrogens is 1. The third kappa shape index (κ3) is 3.43. The highest BCUT2D eigenvalue weighted by atomic mass is 16.2. The molecule has 128 valence electrons.